The first-order chi connectivity index (χ1) is 5.43. The van der Waals surface area contributed by atoms with Gasteiger partial charge in [0.1, 0.15) is 0 Å². The Morgan fingerprint density at radius 3 is 2.15 bits per heavy atom. The summed E-state index contributed by atoms with van der Waals surface area (Å²) in [4.78, 5) is 0. The monoisotopic (exact) mass is 232 g/mol. The van der Waals surface area contributed by atoms with Crippen LogP contribution in [0.4, 0.5) is 12.9 Å². The molecule has 13 heavy (non-hydrogen) atoms. The van der Waals surface area contributed by atoms with Crippen LogP contribution in [0.1, 0.15) is 5.56 Å². The minimum Gasteiger partial charge on any atom is -0.445 e. The molecule has 0 aliphatic carbocycles. The van der Waals surface area contributed by atoms with Crippen LogP contribution in [-0.2, 0) is 0 Å². The third kappa shape index (κ3) is 3.57. The maximum absolute atomic E-state index is 12.2. The van der Waals surface area contributed by atoms with E-state index in [1.807, 2.05) is 0 Å². The fourth-order valence-electron chi connectivity index (χ4n) is 0.979. The average molecular weight is 232 g/mol. The van der Waals surface area contributed by atoms with Crippen LogP contribution in [0.3, 0.4) is 0 Å². The van der Waals surface area contributed by atoms with Crippen molar-refractivity contribution in [2.45, 2.75) is 6.92 Å². The molecule has 0 nitrogen and oxygen atoms in total. The molecule has 0 saturated heterocycles. The summed E-state index contributed by atoms with van der Waals surface area (Å²) in [5.41, 5.74) is -0.505. The van der Waals surface area contributed by atoms with Gasteiger partial charge in [-0.2, -0.15) is 0 Å². The second-order valence-electron chi connectivity index (χ2n) is 2.53. The Bertz CT molecular complexity index is 300. The van der Waals surface area contributed by atoms with E-state index in [2.05, 4.69) is 0 Å². The Morgan fingerprint density at radius 1 is 1.23 bits per heavy atom. The zero-order chi connectivity index (χ0) is 9.35. The molecule has 0 amide bonds. The van der Waals surface area contributed by atoms with Crippen molar-refractivity contribution in [3.63, 3.8) is 0 Å². The minimum atomic E-state index is -4.93. The summed E-state index contributed by atoms with van der Waals surface area (Å²) in [7, 11) is 0. The first-order valence-electron chi connectivity index (χ1n) is 3.38. The van der Waals surface area contributed by atoms with E-state index in [0.717, 1.165) is 6.07 Å². The number of halogens is 4. The van der Waals surface area contributed by atoms with Gasteiger partial charge in [-0.15, -0.1) is 5.46 Å². The van der Waals surface area contributed by atoms with Gasteiger partial charge in [0, 0.05) is 5.02 Å². The fourth-order valence-corrected chi connectivity index (χ4v) is 1.16. The maximum atomic E-state index is 12.2. The van der Waals surface area contributed by atoms with Gasteiger partial charge < -0.3 is 12.9 Å². The summed E-state index contributed by atoms with van der Waals surface area (Å²) in [6.07, 6.45) is 0. The van der Waals surface area contributed by atoms with Crippen molar-refractivity contribution in [1.82, 2.24) is 0 Å². The number of rotatable bonds is 1. The molecule has 0 unspecified atom stereocenters. The minimum absolute atomic E-state index is 0. The molecule has 0 fully saturated rings. The van der Waals surface area contributed by atoms with Crippen molar-refractivity contribution in [2.24, 2.45) is 0 Å². The molecule has 0 aromatic heterocycles. The van der Waals surface area contributed by atoms with Crippen LogP contribution in [0.25, 0.3) is 0 Å². The van der Waals surface area contributed by atoms with E-state index in [4.69, 9.17) is 11.6 Å². The Hall–Kier alpha value is 1.00. The predicted octanol–water partition coefficient (Wildman–Crippen LogP) is -0.293. The van der Waals surface area contributed by atoms with Crippen molar-refractivity contribution in [1.29, 1.82) is 0 Å². The SMILES string of the molecule is Cc1c(Cl)cccc1[B-](F)(F)F.[K+]. The van der Waals surface area contributed by atoms with E-state index < -0.39 is 12.4 Å². The van der Waals surface area contributed by atoms with E-state index in [0.29, 0.717) is 0 Å². The van der Waals surface area contributed by atoms with E-state index in [-0.39, 0.29) is 62.0 Å². The van der Waals surface area contributed by atoms with Gasteiger partial charge in [-0.1, -0.05) is 29.3 Å². The quantitative estimate of drug-likeness (QED) is 0.584. The normalized spacial score (nSPS) is 10.8. The van der Waals surface area contributed by atoms with Gasteiger partial charge in [-0.05, 0) is 13.0 Å². The molecule has 0 N–H and O–H groups in total. The summed E-state index contributed by atoms with van der Waals surface area (Å²) in [6, 6.07) is 3.79. The van der Waals surface area contributed by atoms with Gasteiger partial charge in [0.2, 0.25) is 0 Å². The Labute approximate surface area is 122 Å². The first kappa shape index (κ1) is 14.0. The van der Waals surface area contributed by atoms with Gasteiger partial charge >= 0.3 is 58.4 Å². The van der Waals surface area contributed by atoms with Crippen LogP contribution in [0, 0.1) is 6.92 Å². The number of hydrogen-bond acceptors (Lipinski definition) is 0. The smallest absolute Gasteiger partial charge is 0.445 e. The van der Waals surface area contributed by atoms with Crippen LogP contribution in [0.2, 0.25) is 5.02 Å². The third-order valence-electron chi connectivity index (χ3n) is 1.66. The van der Waals surface area contributed by atoms with Crippen molar-refractivity contribution >= 4 is 24.0 Å². The molecule has 0 bridgehead atoms. The summed E-state index contributed by atoms with van der Waals surface area (Å²) >= 11 is 5.53. The largest absolute Gasteiger partial charge is 1.00 e. The topological polar surface area (TPSA) is 0 Å². The molecule has 0 spiro atoms. The zero-order valence-electron chi connectivity index (χ0n) is 7.32. The summed E-state index contributed by atoms with van der Waals surface area (Å²) in [5, 5.41) is 0.159. The molecule has 1 aromatic rings. The van der Waals surface area contributed by atoms with Gasteiger partial charge in [0.25, 0.3) is 0 Å². The van der Waals surface area contributed by atoms with Crippen molar-refractivity contribution in [2.75, 3.05) is 0 Å². The standard InChI is InChI=1S/C7H6BClF3.K/c1-5-6(8(10,11)12)3-2-4-7(5)9;/h2-4H,1H3;/q-1;+1. The van der Waals surface area contributed by atoms with Gasteiger partial charge in [0.05, 0.1) is 0 Å². The van der Waals surface area contributed by atoms with Crippen LogP contribution < -0.4 is 56.8 Å². The molecular formula is C7H6BClF3K. The molecule has 1 aromatic carbocycles. The fraction of sp³-hybridized carbons (Fsp3) is 0.143. The first-order valence-corrected chi connectivity index (χ1v) is 3.75. The predicted molar refractivity (Wildman–Crippen MR) is 44.9 cm³/mol. The molecule has 0 saturated carbocycles. The molecule has 1 rings (SSSR count). The average Bonchev–Trinajstić information content (AvgIpc) is 1.92. The van der Waals surface area contributed by atoms with Gasteiger partial charge in [-0.3, -0.25) is 0 Å². The number of hydrogen-bond donors (Lipinski definition) is 0. The molecule has 0 heterocycles. The van der Waals surface area contributed by atoms with E-state index in [1.165, 1.54) is 19.1 Å². The van der Waals surface area contributed by atoms with Crippen LogP contribution >= 0.6 is 11.6 Å². The molecule has 0 atom stereocenters. The Balaban J connectivity index is 0.00000144. The molecule has 0 radical (unpaired) electrons. The van der Waals surface area contributed by atoms with Crippen LogP contribution in [0.5, 0.6) is 0 Å². The van der Waals surface area contributed by atoms with Crippen LogP contribution in [0.15, 0.2) is 18.2 Å². The maximum Gasteiger partial charge on any atom is 1.00 e. The van der Waals surface area contributed by atoms with E-state index in [1.54, 1.807) is 0 Å². The summed E-state index contributed by atoms with van der Waals surface area (Å²) in [6.45, 7) is -3.56. The molecule has 0 aliphatic rings. The molecule has 66 valence electrons. The molecular weight excluding hydrogens is 226 g/mol. The van der Waals surface area contributed by atoms with Crippen molar-refractivity contribution in [3.05, 3.63) is 28.8 Å². The molecule has 6 heteroatoms. The molecule has 0 aliphatic heterocycles. The van der Waals surface area contributed by atoms with Crippen molar-refractivity contribution < 1.29 is 64.3 Å². The number of benzene rings is 1. The second kappa shape index (κ2) is 5.19. The third-order valence-corrected chi connectivity index (χ3v) is 2.07. The Kier molecular flexibility index (Phi) is 5.59. The summed E-state index contributed by atoms with van der Waals surface area (Å²) < 4.78 is 36.7. The van der Waals surface area contributed by atoms with E-state index in [9.17, 15) is 12.9 Å². The van der Waals surface area contributed by atoms with Crippen LogP contribution in [-0.4, -0.2) is 6.98 Å². The second-order valence-corrected chi connectivity index (χ2v) is 2.94. The van der Waals surface area contributed by atoms with Gasteiger partial charge in [0.15, 0.2) is 0 Å². The van der Waals surface area contributed by atoms with Gasteiger partial charge in [-0.25, -0.2) is 0 Å². The van der Waals surface area contributed by atoms with E-state index >= 15 is 0 Å². The Morgan fingerprint density at radius 2 is 1.77 bits per heavy atom. The summed E-state index contributed by atoms with van der Waals surface area (Å²) in [5.74, 6) is 0. The zero-order valence-corrected chi connectivity index (χ0v) is 11.2. The van der Waals surface area contributed by atoms with Crippen molar-refractivity contribution in [3.8, 4) is 0 Å².